The molecule has 2 amide bonds. The Labute approximate surface area is 202 Å². The highest BCUT2D eigenvalue weighted by molar-refractivity contribution is 5.96. The summed E-state index contributed by atoms with van der Waals surface area (Å²) in [6, 6.07) is 21.5. The van der Waals surface area contributed by atoms with E-state index in [2.05, 4.69) is 10.6 Å². The summed E-state index contributed by atoms with van der Waals surface area (Å²) in [7, 11) is 1.54. The van der Waals surface area contributed by atoms with Gasteiger partial charge in [0.1, 0.15) is 18.4 Å². The number of carbonyl (C=O) groups excluding carboxylic acids is 2. The Bertz CT molecular complexity index is 1180. The van der Waals surface area contributed by atoms with Gasteiger partial charge in [0.2, 0.25) is 5.91 Å². The van der Waals surface area contributed by atoms with Crippen molar-refractivity contribution in [2.45, 2.75) is 24.8 Å². The van der Waals surface area contributed by atoms with Gasteiger partial charge in [-0.05, 0) is 52.9 Å². The Balaban J connectivity index is 1.41. The second-order valence-electron chi connectivity index (χ2n) is 8.17. The Morgan fingerprint density at radius 1 is 0.914 bits per heavy atom. The molecule has 0 heterocycles. The predicted octanol–water partition coefficient (Wildman–Crippen LogP) is 4.41. The molecule has 1 aliphatic rings. The number of carboxylic acid groups (broad SMARTS) is 1. The van der Waals surface area contributed by atoms with Gasteiger partial charge in [-0.25, -0.2) is 4.79 Å². The van der Waals surface area contributed by atoms with Gasteiger partial charge in [-0.1, -0.05) is 48.5 Å². The second kappa shape index (κ2) is 10.7. The molecule has 1 atom stereocenters. The van der Waals surface area contributed by atoms with Crippen LogP contribution in [0.25, 0.3) is 11.1 Å². The molecule has 0 bridgehead atoms. The Kier molecular flexibility index (Phi) is 7.30. The smallest absolute Gasteiger partial charge is 0.407 e. The van der Waals surface area contributed by atoms with E-state index in [4.69, 9.17) is 14.6 Å². The van der Waals surface area contributed by atoms with Crippen molar-refractivity contribution >= 4 is 23.7 Å². The number of alkyl carbamates (subject to hydrolysis) is 1. The minimum absolute atomic E-state index is 0.0818. The number of hydrogen-bond acceptors (Lipinski definition) is 5. The number of benzene rings is 3. The first kappa shape index (κ1) is 23.8. The molecule has 3 N–H and O–H groups in total. The molecule has 0 saturated carbocycles. The van der Waals surface area contributed by atoms with Crippen LogP contribution in [0.1, 0.15) is 29.9 Å². The van der Waals surface area contributed by atoms with Crippen molar-refractivity contribution in [3.8, 4) is 16.9 Å². The van der Waals surface area contributed by atoms with Crippen LogP contribution in [-0.2, 0) is 14.3 Å². The molecule has 1 aliphatic carbocycles. The summed E-state index contributed by atoms with van der Waals surface area (Å²) in [4.78, 5) is 36.5. The highest BCUT2D eigenvalue weighted by atomic mass is 16.5. The number of carbonyl (C=O) groups is 3. The van der Waals surface area contributed by atoms with Gasteiger partial charge in [-0.3, -0.25) is 9.59 Å². The van der Waals surface area contributed by atoms with E-state index in [0.29, 0.717) is 11.4 Å². The van der Waals surface area contributed by atoms with E-state index in [1.165, 1.54) is 7.11 Å². The number of carboxylic acids is 1. The van der Waals surface area contributed by atoms with Crippen LogP contribution in [0.3, 0.4) is 0 Å². The van der Waals surface area contributed by atoms with E-state index < -0.39 is 24.0 Å². The molecule has 180 valence electrons. The van der Waals surface area contributed by atoms with E-state index in [-0.39, 0.29) is 25.4 Å². The summed E-state index contributed by atoms with van der Waals surface area (Å²) in [5.41, 5.74) is 4.85. The van der Waals surface area contributed by atoms with Gasteiger partial charge >= 0.3 is 12.1 Å². The maximum absolute atomic E-state index is 12.8. The molecule has 35 heavy (non-hydrogen) atoms. The predicted molar refractivity (Wildman–Crippen MR) is 130 cm³/mol. The number of hydrogen-bond donors (Lipinski definition) is 3. The number of ether oxygens (including phenoxy) is 2. The van der Waals surface area contributed by atoms with Gasteiger partial charge < -0.3 is 25.2 Å². The minimum Gasteiger partial charge on any atom is -0.497 e. The van der Waals surface area contributed by atoms with E-state index in [0.717, 1.165) is 22.3 Å². The van der Waals surface area contributed by atoms with Crippen LogP contribution in [0.15, 0.2) is 72.8 Å². The van der Waals surface area contributed by atoms with E-state index in [1.54, 1.807) is 24.3 Å². The summed E-state index contributed by atoms with van der Waals surface area (Å²) in [6.07, 6.45) is -1.15. The monoisotopic (exact) mass is 474 g/mol. The topological polar surface area (TPSA) is 114 Å². The van der Waals surface area contributed by atoms with Gasteiger partial charge in [-0.2, -0.15) is 0 Å². The average molecular weight is 475 g/mol. The number of anilines is 1. The van der Waals surface area contributed by atoms with Crippen LogP contribution in [0, 0.1) is 0 Å². The van der Waals surface area contributed by atoms with Crippen LogP contribution in [0.2, 0.25) is 0 Å². The fourth-order valence-electron chi connectivity index (χ4n) is 4.22. The van der Waals surface area contributed by atoms with Gasteiger partial charge in [0.05, 0.1) is 7.11 Å². The lowest BCUT2D eigenvalue weighted by molar-refractivity contribution is -0.137. The van der Waals surface area contributed by atoms with Crippen molar-refractivity contribution in [3.05, 3.63) is 83.9 Å². The van der Waals surface area contributed by atoms with Crippen LogP contribution in [0.4, 0.5) is 10.5 Å². The van der Waals surface area contributed by atoms with Crippen molar-refractivity contribution in [2.75, 3.05) is 19.0 Å². The summed E-state index contributed by atoms with van der Waals surface area (Å²) < 4.78 is 10.6. The first-order valence-corrected chi connectivity index (χ1v) is 11.2. The molecule has 3 aromatic rings. The number of methoxy groups -OCH3 is 1. The molecule has 3 aromatic carbocycles. The molecule has 8 heteroatoms. The largest absolute Gasteiger partial charge is 0.497 e. The zero-order valence-corrected chi connectivity index (χ0v) is 19.2. The zero-order chi connectivity index (χ0) is 24.8. The highest BCUT2D eigenvalue weighted by Gasteiger charge is 2.30. The molecule has 1 unspecified atom stereocenters. The number of aliphatic carboxylic acids is 1. The van der Waals surface area contributed by atoms with Gasteiger partial charge in [0, 0.05) is 18.0 Å². The SMILES string of the molecule is COc1ccc(NC(=O)C(CCC(=O)O)NC(=O)OCC2c3ccccc3-c3ccccc32)cc1. The molecule has 0 fully saturated rings. The third kappa shape index (κ3) is 5.60. The highest BCUT2D eigenvalue weighted by Crippen LogP contribution is 2.44. The number of amides is 2. The summed E-state index contributed by atoms with van der Waals surface area (Å²) >= 11 is 0. The minimum atomic E-state index is -1.08. The maximum atomic E-state index is 12.8. The number of nitrogens with one attached hydrogen (secondary N) is 2. The van der Waals surface area contributed by atoms with Crippen LogP contribution in [-0.4, -0.2) is 42.8 Å². The third-order valence-corrected chi connectivity index (χ3v) is 5.96. The van der Waals surface area contributed by atoms with Crippen molar-refractivity contribution in [1.82, 2.24) is 5.32 Å². The molecule has 4 rings (SSSR count). The quantitative estimate of drug-likeness (QED) is 0.423. The Morgan fingerprint density at radius 3 is 2.09 bits per heavy atom. The van der Waals surface area contributed by atoms with Crippen molar-refractivity contribution < 1.29 is 29.0 Å². The molecule has 8 nitrogen and oxygen atoms in total. The fourth-order valence-corrected chi connectivity index (χ4v) is 4.22. The van der Waals surface area contributed by atoms with E-state index in [9.17, 15) is 14.4 Å². The number of fused-ring (bicyclic) bond motifs is 3. The lowest BCUT2D eigenvalue weighted by atomic mass is 9.98. The summed E-state index contributed by atoms with van der Waals surface area (Å²) in [5.74, 6) is -1.10. The molecular formula is C27H26N2O6. The molecular weight excluding hydrogens is 448 g/mol. The van der Waals surface area contributed by atoms with Gasteiger partial charge in [0.25, 0.3) is 0 Å². The van der Waals surface area contributed by atoms with Crippen LogP contribution < -0.4 is 15.4 Å². The first-order chi connectivity index (χ1) is 17.0. The average Bonchev–Trinajstić information content (AvgIpc) is 3.19. The lowest BCUT2D eigenvalue weighted by Gasteiger charge is -2.19. The van der Waals surface area contributed by atoms with Gasteiger partial charge in [-0.15, -0.1) is 0 Å². The molecule has 0 spiro atoms. The molecule has 0 aliphatic heterocycles. The number of rotatable bonds is 9. The first-order valence-electron chi connectivity index (χ1n) is 11.2. The van der Waals surface area contributed by atoms with Crippen molar-refractivity contribution in [1.29, 1.82) is 0 Å². The van der Waals surface area contributed by atoms with Crippen molar-refractivity contribution in [2.24, 2.45) is 0 Å². The van der Waals surface area contributed by atoms with E-state index in [1.807, 2.05) is 48.5 Å². The van der Waals surface area contributed by atoms with Crippen LogP contribution in [0.5, 0.6) is 5.75 Å². The molecule has 0 aromatic heterocycles. The zero-order valence-electron chi connectivity index (χ0n) is 19.2. The second-order valence-corrected chi connectivity index (χ2v) is 8.17. The summed E-state index contributed by atoms with van der Waals surface area (Å²) in [5, 5.41) is 14.3. The Hall–Kier alpha value is -4.33. The van der Waals surface area contributed by atoms with E-state index >= 15 is 0 Å². The fraction of sp³-hybridized carbons (Fsp3) is 0.222. The lowest BCUT2D eigenvalue weighted by Crippen LogP contribution is -2.44. The van der Waals surface area contributed by atoms with Crippen molar-refractivity contribution in [3.63, 3.8) is 0 Å². The van der Waals surface area contributed by atoms with Gasteiger partial charge in [0.15, 0.2) is 0 Å². The standard InChI is InChI=1S/C27H26N2O6/c1-34-18-12-10-17(11-13-18)28-26(32)24(14-15-25(30)31)29-27(33)35-16-23-21-8-4-2-6-19(21)20-7-3-5-9-22(20)23/h2-13,23-24H,14-16H2,1H3,(H,28,32)(H,29,33)(H,30,31). The third-order valence-electron chi connectivity index (χ3n) is 5.96. The normalized spacial score (nSPS) is 12.7. The Morgan fingerprint density at radius 2 is 1.51 bits per heavy atom. The van der Waals surface area contributed by atoms with Crippen LogP contribution >= 0.6 is 0 Å². The molecule has 0 saturated heterocycles. The summed E-state index contributed by atoms with van der Waals surface area (Å²) in [6.45, 7) is 0.0889. The maximum Gasteiger partial charge on any atom is 0.407 e. The molecule has 0 radical (unpaired) electrons.